The van der Waals surface area contributed by atoms with Gasteiger partial charge in [-0.05, 0) is 23.6 Å². The molecule has 2 N–H and O–H groups in total. The molecule has 0 aliphatic heterocycles. The van der Waals surface area contributed by atoms with Crippen molar-refractivity contribution < 1.29 is 4.21 Å². The van der Waals surface area contributed by atoms with E-state index in [4.69, 9.17) is 5.73 Å². The topological polar surface area (TPSA) is 43.1 Å². The molecule has 3 heteroatoms. The lowest BCUT2D eigenvalue weighted by Crippen LogP contribution is -2.34. The second-order valence-corrected chi connectivity index (χ2v) is 6.87. The first-order valence-electron chi connectivity index (χ1n) is 6.87. The van der Waals surface area contributed by atoms with Gasteiger partial charge in [0, 0.05) is 10.9 Å². The first-order chi connectivity index (χ1) is 9.61. The summed E-state index contributed by atoms with van der Waals surface area (Å²) in [4.78, 5) is 0.845. The third kappa shape index (κ3) is 3.35. The number of nitrogens with two attached hydrogens (primary N) is 1. The molecule has 2 aromatic rings. The lowest BCUT2D eigenvalue weighted by molar-refractivity contribution is 0.510. The van der Waals surface area contributed by atoms with E-state index in [1.54, 1.807) is 0 Å². The van der Waals surface area contributed by atoms with Crippen LogP contribution in [0.1, 0.15) is 25.5 Å². The van der Waals surface area contributed by atoms with Crippen molar-refractivity contribution >= 4 is 10.8 Å². The summed E-state index contributed by atoms with van der Waals surface area (Å²) < 4.78 is 12.8. The maximum absolute atomic E-state index is 12.8. The van der Waals surface area contributed by atoms with Crippen LogP contribution in [0.15, 0.2) is 65.6 Å². The second kappa shape index (κ2) is 6.82. The predicted octanol–water partition coefficient (Wildman–Crippen LogP) is 3.52. The minimum atomic E-state index is -1.11. The van der Waals surface area contributed by atoms with E-state index < -0.39 is 10.8 Å². The summed E-state index contributed by atoms with van der Waals surface area (Å²) in [7, 11) is -1.11. The lowest BCUT2D eigenvalue weighted by Gasteiger charge is -2.27. The molecule has 20 heavy (non-hydrogen) atoms. The quantitative estimate of drug-likeness (QED) is 0.914. The maximum atomic E-state index is 12.8. The zero-order chi connectivity index (χ0) is 14.5. The molecule has 3 atom stereocenters. The minimum Gasteiger partial charge on any atom is -0.323 e. The Morgan fingerprint density at radius 3 is 1.90 bits per heavy atom. The fourth-order valence-electron chi connectivity index (χ4n) is 2.37. The monoisotopic (exact) mass is 287 g/mol. The molecule has 2 aromatic carbocycles. The van der Waals surface area contributed by atoms with Gasteiger partial charge in [-0.2, -0.15) is 0 Å². The van der Waals surface area contributed by atoms with E-state index in [9.17, 15) is 4.21 Å². The fraction of sp³-hybridized carbons (Fsp3) is 0.294. The number of benzene rings is 2. The predicted molar refractivity (Wildman–Crippen MR) is 84.8 cm³/mol. The Morgan fingerprint density at radius 1 is 0.900 bits per heavy atom. The Hall–Kier alpha value is -1.45. The Bertz CT molecular complexity index is 554. The molecule has 2 rings (SSSR count). The van der Waals surface area contributed by atoms with Crippen molar-refractivity contribution in [2.75, 3.05) is 0 Å². The van der Waals surface area contributed by atoms with Crippen LogP contribution in [-0.4, -0.2) is 9.46 Å². The van der Waals surface area contributed by atoms with E-state index in [1.807, 2.05) is 60.7 Å². The van der Waals surface area contributed by atoms with Gasteiger partial charge < -0.3 is 5.73 Å². The normalized spacial score (nSPS) is 15.8. The highest BCUT2D eigenvalue weighted by molar-refractivity contribution is 7.85. The lowest BCUT2D eigenvalue weighted by atomic mass is 9.97. The highest BCUT2D eigenvalue weighted by atomic mass is 32.2. The first-order valence-corrected chi connectivity index (χ1v) is 8.08. The number of hydrogen-bond donors (Lipinski definition) is 1. The molecule has 0 amide bonds. The van der Waals surface area contributed by atoms with Gasteiger partial charge in [-0.25, -0.2) is 0 Å². The van der Waals surface area contributed by atoms with Gasteiger partial charge >= 0.3 is 0 Å². The van der Waals surface area contributed by atoms with Crippen LogP contribution in [0.2, 0.25) is 0 Å². The molecule has 0 saturated heterocycles. The van der Waals surface area contributed by atoms with E-state index in [0.717, 1.165) is 10.5 Å². The van der Waals surface area contributed by atoms with Gasteiger partial charge in [-0.1, -0.05) is 62.4 Å². The highest BCUT2D eigenvalue weighted by Gasteiger charge is 2.29. The average Bonchev–Trinajstić information content (AvgIpc) is 2.48. The highest BCUT2D eigenvalue weighted by Crippen LogP contribution is 2.27. The molecule has 0 aliphatic rings. The van der Waals surface area contributed by atoms with E-state index in [1.165, 1.54) is 0 Å². The Morgan fingerprint density at radius 2 is 1.40 bits per heavy atom. The van der Waals surface area contributed by atoms with E-state index in [2.05, 4.69) is 13.8 Å². The number of hydrogen-bond acceptors (Lipinski definition) is 2. The Kier molecular flexibility index (Phi) is 5.10. The summed E-state index contributed by atoms with van der Waals surface area (Å²) in [6.45, 7) is 4.16. The SMILES string of the molecule is CC(C)C(C(N)c1ccccc1)S(=O)c1ccccc1. The second-order valence-electron chi connectivity index (χ2n) is 5.26. The Balaban J connectivity index is 2.30. The molecule has 0 saturated carbocycles. The minimum absolute atomic E-state index is 0.0974. The van der Waals surface area contributed by atoms with Crippen LogP contribution in [0.5, 0.6) is 0 Å². The van der Waals surface area contributed by atoms with E-state index in [0.29, 0.717) is 0 Å². The van der Waals surface area contributed by atoms with E-state index >= 15 is 0 Å². The zero-order valence-electron chi connectivity index (χ0n) is 11.9. The third-order valence-electron chi connectivity index (χ3n) is 3.42. The molecule has 2 nitrogen and oxygen atoms in total. The van der Waals surface area contributed by atoms with Crippen molar-refractivity contribution in [1.29, 1.82) is 0 Å². The van der Waals surface area contributed by atoms with Crippen LogP contribution >= 0.6 is 0 Å². The van der Waals surface area contributed by atoms with Crippen molar-refractivity contribution in [2.24, 2.45) is 11.7 Å². The fourth-order valence-corrected chi connectivity index (χ4v) is 4.03. The van der Waals surface area contributed by atoms with Crippen molar-refractivity contribution in [3.8, 4) is 0 Å². The van der Waals surface area contributed by atoms with Crippen molar-refractivity contribution in [3.63, 3.8) is 0 Å². The van der Waals surface area contributed by atoms with Gasteiger partial charge in [0.15, 0.2) is 0 Å². The van der Waals surface area contributed by atoms with Gasteiger partial charge in [0.2, 0.25) is 0 Å². The van der Waals surface area contributed by atoms with Gasteiger partial charge in [0.1, 0.15) is 0 Å². The molecule has 0 aliphatic carbocycles. The van der Waals surface area contributed by atoms with Crippen LogP contribution in [0, 0.1) is 5.92 Å². The van der Waals surface area contributed by atoms with Gasteiger partial charge in [-0.15, -0.1) is 0 Å². The van der Waals surface area contributed by atoms with Crippen LogP contribution in [0.25, 0.3) is 0 Å². The first kappa shape index (κ1) is 14.9. The molecule has 0 heterocycles. The van der Waals surface area contributed by atoms with Gasteiger partial charge in [0.25, 0.3) is 0 Å². The zero-order valence-corrected chi connectivity index (χ0v) is 12.7. The maximum Gasteiger partial charge on any atom is 0.0610 e. The summed E-state index contributed by atoms with van der Waals surface area (Å²) in [6.07, 6.45) is 0. The summed E-state index contributed by atoms with van der Waals surface area (Å²) in [5.74, 6) is 0.242. The molecule has 0 aromatic heterocycles. The molecule has 0 bridgehead atoms. The summed E-state index contributed by atoms with van der Waals surface area (Å²) in [6, 6.07) is 19.3. The molecular weight excluding hydrogens is 266 g/mol. The van der Waals surface area contributed by atoms with Crippen LogP contribution in [0.4, 0.5) is 0 Å². The average molecular weight is 287 g/mol. The molecule has 106 valence electrons. The standard InChI is InChI=1S/C17H21NOS/c1-13(2)17(16(18)14-9-5-3-6-10-14)20(19)15-11-7-4-8-12-15/h3-13,16-17H,18H2,1-2H3. The van der Waals surface area contributed by atoms with Crippen LogP contribution in [-0.2, 0) is 10.8 Å². The van der Waals surface area contributed by atoms with E-state index in [-0.39, 0.29) is 17.2 Å². The summed E-state index contributed by atoms with van der Waals surface area (Å²) >= 11 is 0. The van der Waals surface area contributed by atoms with Gasteiger partial charge in [-0.3, -0.25) is 4.21 Å². The number of rotatable bonds is 5. The Labute approximate surface area is 123 Å². The van der Waals surface area contributed by atoms with Crippen molar-refractivity contribution in [1.82, 2.24) is 0 Å². The summed E-state index contributed by atoms with van der Waals surface area (Å²) in [5.41, 5.74) is 7.42. The molecule has 0 radical (unpaired) electrons. The molecule has 0 spiro atoms. The summed E-state index contributed by atoms with van der Waals surface area (Å²) in [5, 5.41) is -0.0974. The molecule has 3 unspecified atom stereocenters. The van der Waals surface area contributed by atoms with Crippen LogP contribution in [0.3, 0.4) is 0 Å². The van der Waals surface area contributed by atoms with Crippen molar-refractivity contribution in [2.45, 2.75) is 30.0 Å². The van der Waals surface area contributed by atoms with Gasteiger partial charge in [0.05, 0.1) is 16.0 Å². The largest absolute Gasteiger partial charge is 0.323 e. The van der Waals surface area contributed by atoms with Crippen LogP contribution < -0.4 is 5.73 Å². The molecular formula is C17H21NOS. The third-order valence-corrected chi connectivity index (χ3v) is 5.49. The smallest absolute Gasteiger partial charge is 0.0610 e. The molecule has 0 fully saturated rings. The van der Waals surface area contributed by atoms with Crippen molar-refractivity contribution in [3.05, 3.63) is 66.2 Å².